The van der Waals surface area contributed by atoms with Crippen LogP contribution in [0.3, 0.4) is 0 Å². The van der Waals surface area contributed by atoms with Crippen LogP contribution in [0.15, 0.2) is 82.2 Å². The molecule has 0 bridgehead atoms. The van der Waals surface area contributed by atoms with Gasteiger partial charge in [0.1, 0.15) is 5.75 Å². The predicted octanol–water partition coefficient (Wildman–Crippen LogP) is 5.10. The predicted molar refractivity (Wildman–Crippen MR) is 112 cm³/mol. The molecule has 0 aliphatic heterocycles. The Morgan fingerprint density at radius 1 is 0.967 bits per heavy atom. The van der Waals surface area contributed by atoms with Gasteiger partial charge in [-0.15, -0.1) is 0 Å². The average molecular weight is 497 g/mol. The summed E-state index contributed by atoms with van der Waals surface area (Å²) in [7, 11) is -3.95. The van der Waals surface area contributed by atoms with Crippen LogP contribution in [0.4, 0.5) is 20.2 Å². The lowest BCUT2D eigenvalue weighted by Crippen LogP contribution is -2.16. The summed E-state index contributed by atoms with van der Waals surface area (Å²) in [6, 6.07) is 17.6. The Bertz CT molecular complexity index is 1160. The van der Waals surface area contributed by atoms with Crippen molar-refractivity contribution in [3.8, 4) is 5.75 Å². The fourth-order valence-electron chi connectivity index (χ4n) is 2.50. The smallest absolute Gasteiger partial charge is 0.387 e. The van der Waals surface area contributed by atoms with Crippen LogP contribution >= 0.6 is 15.9 Å². The number of anilines is 2. The van der Waals surface area contributed by atoms with Crippen molar-refractivity contribution < 1.29 is 26.7 Å². The summed E-state index contributed by atoms with van der Waals surface area (Å²) in [6.45, 7) is -3.05. The summed E-state index contributed by atoms with van der Waals surface area (Å²) in [6.07, 6.45) is 0. The fourth-order valence-corrected chi connectivity index (χ4v) is 3.87. The van der Waals surface area contributed by atoms with Gasteiger partial charge in [0.15, 0.2) is 0 Å². The SMILES string of the molecule is O=C(Nc1ccccc1OC(F)F)c1cccc(S(=O)(=O)Nc2ccc(Br)cc2)c1. The van der Waals surface area contributed by atoms with Crippen molar-refractivity contribution >= 4 is 43.2 Å². The third-order valence-electron chi connectivity index (χ3n) is 3.85. The van der Waals surface area contributed by atoms with Crippen molar-refractivity contribution in [1.29, 1.82) is 0 Å². The zero-order valence-electron chi connectivity index (χ0n) is 15.2. The molecule has 0 unspecified atom stereocenters. The van der Waals surface area contributed by atoms with Crippen LogP contribution in [-0.4, -0.2) is 20.9 Å². The number of amides is 1. The van der Waals surface area contributed by atoms with Gasteiger partial charge in [-0.25, -0.2) is 8.42 Å². The Hall–Kier alpha value is -2.98. The minimum atomic E-state index is -3.95. The van der Waals surface area contributed by atoms with Gasteiger partial charge in [0.05, 0.1) is 10.6 Å². The van der Waals surface area contributed by atoms with Crippen molar-refractivity contribution in [3.05, 3.63) is 82.8 Å². The van der Waals surface area contributed by atoms with E-state index in [4.69, 9.17) is 0 Å². The second-order valence-electron chi connectivity index (χ2n) is 5.97. The van der Waals surface area contributed by atoms with Crippen LogP contribution in [-0.2, 0) is 10.0 Å². The summed E-state index contributed by atoms with van der Waals surface area (Å²) in [4.78, 5) is 12.4. The summed E-state index contributed by atoms with van der Waals surface area (Å²) >= 11 is 3.27. The third-order valence-corrected chi connectivity index (χ3v) is 5.76. The van der Waals surface area contributed by atoms with E-state index < -0.39 is 22.5 Å². The molecule has 6 nitrogen and oxygen atoms in total. The van der Waals surface area contributed by atoms with Gasteiger partial charge < -0.3 is 10.1 Å². The van der Waals surface area contributed by atoms with Crippen LogP contribution in [0.2, 0.25) is 0 Å². The molecule has 0 aliphatic carbocycles. The quantitative estimate of drug-likeness (QED) is 0.476. The second-order valence-corrected chi connectivity index (χ2v) is 8.57. The third kappa shape index (κ3) is 5.55. The van der Waals surface area contributed by atoms with Crippen molar-refractivity contribution in [2.75, 3.05) is 10.0 Å². The van der Waals surface area contributed by atoms with Crippen molar-refractivity contribution in [1.82, 2.24) is 0 Å². The summed E-state index contributed by atoms with van der Waals surface area (Å²) in [5, 5.41) is 2.45. The molecule has 0 fully saturated rings. The summed E-state index contributed by atoms with van der Waals surface area (Å²) in [5.74, 6) is -0.887. The van der Waals surface area contributed by atoms with Gasteiger partial charge in [0.2, 0.25) is 0 Å². The number of benzene rings is 3. The molecule has 0 radical (unpaired) electrons. The molecule has 30 heavy (non-hydrogen) atoms. The molecule has 156 valence electrons. The molecule has 3 aromatic carbocycles. The van der Waals surface area contributed by atoms with E-state index in [1.54, 1.807) is 24.3 Å². The molecule has 0 atom stereocenters. The molecule has 0 saturated heterocycles. The summed E-state index contributed by atoms with van der Waals surface area (Å²) in [5.41, 5.74) is 0.413. The Labute approximate surface area is 180 Å². The van der Waals surface area contributed by atoms with E-state index in [2.05, 4.69) is 30.7 Å². The van der Waals surface area contributed by atoms with Crippen LogP contribution in [0.1, 0.15) is 10.4 Å². The Kier molecular flexibility index (Phi) is 6.68. The number of alkyl halides is 2. The highest BCUT2D eigenvalue weighted by Crippen LogP contribution is 2.26. The Balaban J connectivity index is 1.81. The van der Waals surface area contributed by atoms with Gasteiger partial charge in [0, 0.05) is 15.7 Å². The minimum Gasteiger partial charge on any atom is -0.433 e. The van der Waals surface area contributed by atoms with E-state index in [1.165, 1.54) is 48.5 Å². The lowest BCUT2D eigenvalue weighted by atomic mass is 10.2. The molecule has 0 saturated carbocycles. The van der Waals surface area contributed by atoms with Crippen LogP contribution in [0, 0.1) is 0 Å². The number of para-hydroxylation sites is 2. The monoisotopic (exact) mass is 496 g/mol. The van der Waals surface area contributed by atoms with Crippen LogP contribution in [0.25, 0.3) is 0 Å². The standard InChI is InChI=1S/C20H15BrF2N2O4S/c21-14-8-10-15(11-9-14)25-30(27,28)16-5-3-4-13(12-16)19(26)24-17-6-1-2-7-18(17)29-20(22)23/h1-12,20,25H,(H,24,26). The van der Waals surface area contributed by atoms with Gasteiger partial charge in [-0.1, -0.05) is 34.1 Å². The molecule has 2 N–H and O–H groups in total. The molecule has 0 spiro atoms. The van der Waals surface area contributed by atoms with E-state index in [0.29, 0.717) is 5.69 Å². The van der Waals surface area contributed by atoms with Gasteiger partial charge >= 0.3 is 6.61 Å². The van der Waals surface area contributed by atoms with E-state index in [-0.39, 0.29) is 21.9 Å². The maximum Gasteiger partial charge on any atom is 0.387 e. The summed E-state index contributed by atoms with van der Waals surface area (Å²) < 4.78 is 57.9. The molecule has 1 amide bonds. The maximum absolute atomic E-state index is 12.6. The number of carbonyl (C=O) groups is 1. The van der Waals surface area contributed by atoms with Crippen molar-refractivity contribution in [3.63, 3.8) is 0 Å². The molecule has 0 aromatic heterocycles. The Morgan fingerprint density at radius 2 is 1.67 bits per heavy atom. The molecule has 0 heterocycles. The molecular weight excluding hydrogens is 482 g/mol. The van der Waals surface area contributed by atoms with E-state index in [1.807, 2.05) is 0 Å². The molecule has 3 aromatic rings. The maximum atomic E-state index is 12.6. The minimum absolute atomic E-state index is 0.0283. The largest absolute Gasteiger partial charge is 0.433 e. The molecule has 0 aliphatic rings. The van der Waals surface area contributed by atoms with Crippen LogP contribution < -0.4 is 14.8 Å². The highest BCUT2D eigenvalue weighted by Gasteiger charge is 2.18. The lowest BCUT2D eigenvalue weighted by Gasteiger charge is -2.12. The van der Waals surface area contributed by atoms with E-state index in [0.717, 1.165) is 4.47 Å². The molecule has 10 heteroatoms. The number of rotatable bonds is 7. The lowest BCUT2D eigenvalue weighted by molar-refractivity contribution is -0.0493. The Morgan fingerprint density at radius 3 is 2.37 bits per heavy atom. The van der Waals surface area contributed by atoms with Gasteiger partial charge in [-0.2, -0.15) is 8.78 Å². The molecular formula is C20H15BrF2N2O4S. The molecule has 3 rings (SSSR count). The first-order valence-electron chi connectivity index (χ1n) is 8.48. The first-order chi connectivity index (χ1) is 14.2. The second kappa shape index (κ2) is 9.23. The zero-order valence-corrected chi connectivity index (χ0v) is 17.6. The number of carbonyl (C=O) groups excluding carboxylic acids is 1. The highest BCUT2D eigenvalue weighted by molar-refractivity contribution is 9.10. The topological polar surface area (TPSA) is 84.5 Å². The van der Waals surface area contributed by atoms with Crippen molar-refractivity contribution in [2.45, 2.75) is 11.5 Å². The first kappa shape index (κ1) is 21.7. The van der Waals surface area contributed by atoms with Crippen molar-refractivity contribution in [2.24, 2.45) is 0 Å². The number of ether oxygens (including phenoxy) is 1. The highest BCUT2D eigenvalue weighted by atomic mass is 79.9. The number of hydrogen-bond acceptors (Lipinski definition) is 4. The van der Waals surface area contributed by atoms with Gasteiger partial charge in [-0.3, -0.25) is 9.52 Å². The first-order valence-corrected chi connectivity index (χ1v) is 10.8. The van der Waals surface area contributed by atoms with Crippen LogP contribution in [0.5, 0.6) is 5.75 Å². The zero-order chi connectivity index (χ0) is 21.7. The normalized spacial score (nSPS) is 11.2. The number of sulfonamides is 1. The number of hydrogen-bond donors (Lipinski definition) is 2. The van der Waals surface area contributed by atoms with E-state index >= 15 is 0 Å². The van der Waals surface area contributed by atoms with E-state index in [9.17, 15) is 22.0 Å². The van der Waals surface area contributed by atoms with Gasteiger partial charge in [0.25, 0.3) is 15.9 Å². The number of halogens is 3. The fraction of sp³-hybridized carbons (Fsp3) is 0.0500. The van der Waals surface area contributed by atoms with Gasteiger partial charge in [-0.05, 0) is 54.6 Å². The number of nitrogens with one attached hydrogen (secondary N) is 2. The average Bonchev–Trinajstić information content (AvgIpc) is 2.71.